The first kappa shape index (κ1) is 14.9. The van der Waals surface area contributed by atoms with Gasteiger partial charge in [-0.1, -0.05) is 20.8 Å². The zero-order valence-corrected chi connectivity index (χ0v) is 11.4. The smallest absolute Gasteiger partial charge is 0.157 e. The van der Waals surface area contributed by atoms with Gasteiger partial charge in [-0.05, 0) is 20.1 Å². The topological polar surface area (TPSA) is 49.3 Å². The van der Waals surface area contributed by atoms with Gasteiger partial charge in [0.25, 0.3) is 0 Å². The summed E-state index contributed by atoms with van der Waals surface area (Å²) in [6, 6.07) is -0.479. The molecule has 0 aliphatic heterocycles. The largest absolute Gasteiger partial charge is 0.394 e. The van der Waals surface area contributed by atoms with E-state index in [2.05, 4.69) is 5.32 Å². The average molecular weight is 233 g/mol. The predicted octanol–water partition coefficient (Wildman–Crippen LogP) is 1.65. The van der Waals surface area contributed by atoms with Gasteiger partial charge in [0, 0.05) is 5.41 Å². The summed E-state index contributed by atoms with van der Waals surface area (Å²) in [6.45, 7) is 9.44. The Morgan fingerprint density at radius 3 is 2.07 bits per heavy atom. The lowest BCUT2D eigenvalue weighted by Crippen LogP contribution is -2.52. The third kappa shape index (κ3) is 5.00. The summed E-state index contributed by atoms with van der Waals surface area (Å²) < 4.78 is 0. The molecule has 0 aromatic heterocycles. The molecule has 3 nitrogen and oxygen atoms in total. The summed E-state index contributed by atoms with van der Waals surface area (Å²) in [7, 11) is 0. The van der Waals surface area contributed by atoms with E-state index < -0.39 is 11.5 Å². The molecule has 0 aromatic rings. The SMILES string of the molecule is CSC(C)(C)N[C@H](CO)C(=O)C(C)(C)C. The first-order valence-electron chi connectivity index (χ1n) is 5.12. The fourth-order valence-electron chi connectivity index (χ4n) is 1.20. The normalized spacial score (nSPS) is 15.1. The van der Waals surface area contributed by atoms with Crippen LogP contribution in [0.2, 0.25) is 0 Å². The highest BCUT2D eigenvalue weighted by molar-refractivity contribution is 7.99. The molecular weight excluding hydrogens is 210 g/mol. The molecule has 0 radical (unpaired) electrons. The Balaban J connectivity index is 4.59. The molecule has 0 aromatic carbocycles. The van der Waals surface area contributed by atoms with Crippen molar-refractivity contribution in [1.82, 2.24) is 5.32 Å². The lowest BCUT2D eigenvalue weighted by molar-refractivity contribution is -0.129. The molecule has 0 saturated carbocycles. The van der Waals surface area contributed by atoms with Crippen molar-refractivity contribution in [2.45, 2.75) is 45.5 Å². The van der Waals surface area contributed by atoms with Crippen molar-refractivity contribution in [3.63, 3.8) is 0 Å². The Kier molecular flexibility index (Phi) is 5.30. The lowest BCUT2D eigenvalue weighted by atomic mass is 9.86. The first-order chi connectivity index (χ1) is 6.64. The molecule has 0 saturated heterocycles. The summed E-state index contributed by atoms with van der Waals surface area (Å²) in [4.78, 5) is 11.8. The Hall–Kier alpha value is -0.0600. The van der Waals surface area contributed by atoms with Crippen LogP contribution in [-0.4, -0.2) is 34.7 Å². The van der Waals surface area contributed by atoms with Crippen molar-refractivity contribution in [3.8, 4) is 0 Å². The molecule has 15 heavy (non-hydrogen) atoms. The number of carbonyl (C=O) groups excluding carboxylic acids is 1. The van der Waals surface area contributed by atoms with Gasteiger partial charge in [0.2, 0.25) is 0 Å². The number of thioether (sulfide) groups is 1. The van der Waals surface area contributed by atoms with Crippen LogP contribution >= 0.6 is 11.8 Å². The van der Waals surface area contributed by atoms with Gasteiger partial charge in [-0.3, -0.25) is 10.1 Å². The van der Waals surface area contributed by atoms with Gasteiger partial charge in [-0.15, -0.1) is 11.8 Å². The highest BCUT2D eigenvalue weighted by Crippen LogP contribution is 2.22. The summed E-state index contributed by atoms with van der Waals surface area (Å²) >= 11 is 1.62. The number of carbonyl (C=O) groups is 1. The molecule has 0 aliphatic carbocycles. The van der Waals surface area contributed by atoms with E-state index in [1.54, 1.807) is 11.8 Å². The Morgan fingerprint density at radius 1 is 1.33 bits per heavy atom. The van der Waals surface area contributed by atoms with Crippen molar-refractivity contribution < 1.29 is 9.90 Å². The molecule has 0 fully saturated rings. The Bertz CT molecular complexity index is 221. The maximum absolute atomic E-state index is 12.0. The number of rotatable bonds is 5. The fraction of sp³-hybridized carbons (Fsp3) is 0.909. The van der Waals surface area contributed by atoms with E-state index in [9.17, 15) is 9.90 Å². The number of hydrogen-bond acceptors (Lipinski definition) is 4. The summed E-state index contributed by atoms with van der Waals surface area (Å²) in [6.07, 6.45) is 1.98. The molecule has 90 valence electrons. The zero-order chi connectivity index (χ0) is 12.3. The Morgan fingerprint density at radius 2 is 1.80 bits per heavy atom. The third-order valence-electron chi connectivity index (χ3n) is 2.27. The van der Waals surface area contributed by atoms with Gasteiger partial charge in [0.05, 0.1) is 17.5 Å². The van der Waals surface area contributed by atoms with Crippen LogP contribution in [-0.2, 0) is 4.79 Å². The second kappa shape index (κ2) is 5.32. The van der Waals surface area contributed by atoms with Gasteiger partial charge in [0.15, 0.2) is 5.78 Å². The van der Waals surface area contributed by atoms with Crippen molar-refractivity contribution in [3.05, 3.63) is 0 Å². The quantitative estimate of drug-likeness (QED) is 0.709. The number of aliphatic hydroxyl groups excluding tert-OH is 1. The average Bonchev–Trinajstić information content (AvgIpc) is 2.11. The van der Waals surface area contributed by atoms with E-state index in [0.29, 0.717) is 0 Å². The van der Waals surface area contributed by atoms with Crippen molar-refractivity contribution in [2.75, 3.05) is 12.9 Å². The van der Waals surface area contributed by atoms with Crippen molar-refractivity contribution in [2.24, 2.45) is 5.41 Å². The van der Waals surface area contributed by atoms with Crippen molar-refractivity contribution in [1.29, 1.82) is 0 Å². The number of nitrogens with one attached hydrogen (secondary N) is 1. The van der Waals surface area contributed by atoms with Crippen LogP contribution in [0.4, 0.5) is 0 Å². The van der Waals surface area contributed by atoms with E-state index in [1.165, 1.54) is 0 Å². The van der Waals surface area contributed by atoms with Crippen LogP contribution in [0.25, 0.3) is 0 Å². The predicted molar refractivity (Wildman–Crippen MR) is 66.1 cm³/mol. The summed E-state index contributed by atoms with van der Waals surface area (Å²) in [5.41, 5.74) is -0.422. The molecule has 0 spiro atoms. The van der Waals surface area contributed by atoms with Crippen molar-refractivity contribution >= 4 is 17.5 Å². The minimum absolute atomic E-state index is 0.0483. The molecular formula is C11H23NO2S. The highest BCUT2D eigenvalue weighted by atomic mass is 32.2. The van der Waals surface area contributed by atoms with E-state index in [-0.39, 0.29) is 17.3 Å². The maximum Gasteiger partial charge on any atom is 0.157 e. The molecule has 0 unspecified atom stereocenters. The highest BCUT2D eigenvalue weighted by Gasteiger charge is 2.32. The van der Waals surface area contributed by atoms with Gasteiger partial charge in [0.1, 0.15) is 0 Å². The molecule has 1 atom stereocenters. The molecule has 2 N–H and O–H groups in total. The van der Waals surface area contributed by atoms with E-state index in [4.69, 9.17) is 0 Å². The van der Waals surface area contributed by atoms with Gasteiger partial charge < -0.3 is 5.11 Å². The molecule has 0 rings (SSSR count). The number of Topliss-reactive ketones (excluding diaryl/α,β-unsaturated/α-hetero) is 1. The molecule has 0 amide bonds. The minimum atomic E-state index is -0.479. The van der Waals surface area contributed by atoms with Crippen LogP contribution in [0, 0.1) is 5.41 Å². The molecule has 4 heteroatoms. The maximum atomic E-state index is 12.0. The second-order valence-electron chi connectivity index (χ2n) is 5.21. The molecule has 0 aliphatic rings. The standard InChI is InChI=1S/C11H23NO2S/c1-10(2,3)9(14)8(7-13)12-11(4,5)15-6/h8,12-13H,7H2,1-6H3/t8-/m1/s1. The van der Waals surface area contributed by atoms with Crippen LogP contribution < -0.4 is 5.32 Å². The van der Waals surface area contributed by atoms with Crippen LogP contribution in [0.5, 0.6) is 0 Å². The van der Waals surface area contributed by atoms with Gasteiger partial charge >= 0.3 is 0 Å². The lowest BCUT2D eigenvalue weighted by Gasteiger charge is -2.31. The van der Waals surface area contributed by atoms with Crippen LogP contribution in [0.1, 0.15) is 34.6 Å². The number of ketones is 1. The summed E-state index contributed by atoms with van der Waals surface area (Å²) in [5, 5.41) is 12.4. The Labute approximate surface area is 97.0 Å². The second-order valence-corrected chi connectivity index (χ2v) is 6.64. The van der Waals surface area contributed by atoms with Gasteiger partial charge in [-0.25, -0.2) is 0 Å². The fourth-order valence-corrected chi connectivity index (χ4v) is 1.46. The monoisotopic (exact) mass is 233 g/mol. The zero-order valence-electron chi connectivity index (χ0n) is 10.5. The van der Waals surface area contributed by atoms with Crippen LogP contribution in [0.15, 0.2) is 0 Å². The van der Waals surface area contributed by atoms with Crippen LogP contribution in [0.3, 0.4) is 0 Å². The number of aliphatic hydroxyl groups is 1. The third-order valence-corrected chi connectivity index (χ3v) is 3.41. The molecule has 0 heterocycles. The summed E-state index contributed by atoms with van der Waals surface area (Å²) in [5.74, 6) is 0.0483. The number of hydrogen-bond donors (Lipinski definition) is 2. The molecule has 0 bridgehead atoms. The minimum Gasteiger partial charge on any atom is -0.394 e. The van der Waals surface area contributed by atoms with E-state index >= 15 is 0 Å². The van der Waals surface area contributed by atoms with E-state index in [0.717, 1.165) is 0 Å². The first-order valence-corrected chi connectivity index (χ1v) is 6.34. The van der Waals surface area contributed by atoms with Gasteiger partial charge in [-0.2, -0.15) is 0 Å². The van der Waals surface area contributed by atoms with E-state index in [1.807, 2.05) is 40.9 Å².